The molecule has 2 N–H and O–H groups in total. The molecule has 2 unspecified atom stereocenters. The van der Waals surface area contributed by atoms with Crippen LogP contribution in [0.5, 0.6) is 0 Å². The number of nitrogens with zero attached hydrogens (tertiary/aromatic N) is 1. The molecule has 5 nitrogen and oxygen atoms in total. The molecular weight excluding hydrogens is 198 g/mol. The minimum Gasteiger partial charge on any atom is -0.465 e. The number of amides is 1. The number of morpholine rings is 1. The molecule has 1 rings (SSSR count). The fourth-order valence-corrected chi connectivity index (χ4v) is 1.65. The third-order valence-electron chi connectivity index (χ3n) is 3.26. The van der Waals surface area contributed by atoms with Crippen LogP contribution in [0.2, 0.25) is 0 Å². The first-order chi connectivity index (χ1) is 6.70. The summed E-state index contributed by atoms with van der Waals surface area (Å²) in [5, 5.41) is 18.9. The van der Waals surface area contributed by atoms with Crippen LogP contribution in [0.4, 0.5) is 4.79 Å². The smallest absolute Gasteiger partial charge is 0.409 e. The molecule has 5 heteroatoms. The molecule has 88 valence electrons. The molecule has 0 spiro atoms. The number of aliphatic hydroxyl groups is 1. The predicted molar refractivity (Wildman–Crippen MR) is 54.5 cm³/mol. The maximum absolute atomic E-state index is 10.9. The van der Waals surface area contributed by atoms with E-state index in [1.807, 2.05) is 20.8 Å². The van der Waals surface area contributed by atoms with Gasteiger partial charge in [0.25, 0.3) is 0 Å². The fourth-order valence-electron chi connectivity index (χ4n) is 1.65. The van der Waals surface area contributed by atoms with Crippen LogP contribution in [-0.4, -0.2) is 46.2 Å². The van der Waals surface area contributed by atoms with Gasteiger partial charge < -0.3 is 14.9 Å². The summed E-state index contributed by atoms with van der Waals surface area (Å²) in [5.41, 5.74) is -1.20. The Morgan fingerprint density at radius 1 is 1.53 bits per heavy atom. The second-order valence-corrected chi connectivity index (χ2v) is 5.06. The zero-order valence-electron chi connectivity index (χ0n) is 9.65. The molecule has 1 heterocycles. The Balaban J connectivity index is 2.97. The van der Waals surface area contributed by atoms with E-state index in [9.17, 15) is 9.90 Å². The van der Waals surface area contributed by atoms with E-state index in [1.54, 1.807) is 6.92 Å². The van der Waals surface area contributed by atoms with Crippen molar-refractivity contribution in [1.82, 2.24) is 4.90 Å². The quantitative estimate of drug-likeness (QED) is 0.638. The lowest BCUT2D eigenvalue weighted by Crippen LogP contribution is -2.64. The van der Waals surface area contributed by atoms with Crippen LogP contribution < -0.4 is 0 Å². The highest BCUT2D eigenvalue weighted by atomic mass is 16.5. The summed E-state index contributed by atoms with van der Waals surface area (Å²) < 4.78 is 5.57. The van der Waals surface area contributed by atoms with E-state index in [2.05, 4.69) is 0 Å². The lowest BCUT2D eigenvalue weighted by Gasteiger charge is -2.50. The minimum absolute atomic E-state index is 0.210. The summed E-state index contributed by atoms with van der Waals surface area (Å²) in [6.07, 6.45) is -2.23. The molecule has 0 aromatic heterocycles. The Hall–Kier alpha value is -0.810. The Bertz CT molecular complexity index is 261. The third kappa shape index (κ3) is 1.94. The van der Waals surface area contributed by atoms with Gasteiger partial charge >= 0.3 is 6.09 Å². The molecule has 1 fully saturated rings. The van der Waals surface area contributed by atoms with Gasteiger partial charge in [-0.05, 0) is 12.3 Å². The first-order valence-corrected chi connectivity index (χ1v) is 5.02. The van der Waals surface area contributed by atoms with Gasteiger partial charge in [-0.1, -0.05) is 20.8 Å². The van der Waals surface area contributed by atoms with Gasteiger partial charge in [0.05, 0.1) is 13.2 Å². The topological polar surface area (TPSA) is 70.0 Å². The number of rotatable bonds is 0. The van der Waals surface area contributed by atoms with Crippen molar-refractivity contribution in [3.63, 3.8) is 0 Å². The van der Waals surface area contributed by atoms with Gasteiger partial charge in [0.1, 0.15) is 5.60 Å². The number of carbonyl (C=O) groups is 1. The molecular formula is C10H19NO4. The molecule has 0 radical (unpaired) electrons. The van der Waals surface area contributed by atoms with E-state index in [0.29, 0.717) is 6.61 Å². The summed E-state index contributed by atoms with van der Waals surface area (Å²) in [4.78, 5) is 11.9. The normalized spacial score (nSPS) is 32.9. The van der Waals surface area contributed by atoms with Crippen LogP contribution in [0.15, 0.2) is 0 Å². The zero-order valence-corrected chi connectivity index (χ0v) is 9.65. The largest absolute Gasteiger partial charge is 0.465 e. The summed E-state index contributed by atoms with van der Waals surface area (Å²) in [7, 11) is 0. The van der Waals surface area contributed by atoms with Crippen LogP contribution >= 0.6 is 0 Å². The molecule has 0 aromatic carbocycles. The maximum Gasteiger partial charge on any atom is 0.409 e. The van der Waals surface area contributed by atoms with E-state index >= 15 is 0 Å². The summed E-state index contributed by atoms with van der Waals surface area (Å²) >= 11 is 0. The van der Waals surface area contributed by atoms with E-state index in [-0.39, 0.29) is 12.0 Å². The Kier molecular flexibility index (Phi) is 2.98. The number of carboxylic acid groups (broad SMARTS) is 1. The van der Waals surface area contributed by atoms with Crippen molar-refractivity contribution in [1.29, 1.82) is 0 Å². The van der Waals surface area contributed by atoms with Gasteiger partial charge in [0.2, 0.25) is 0 Å². The minimum atomic E-state index is -1.12. The van der Waals surface area contributed by atoms with E-state index in [4.69, 9.17) is 9.84 Å². The first kappa shape index (κ1) is 12.3. The van der Waals surface area contributed by atoms with Crippen molar-refractivity contribution >= 4 is 6.09 Å². The van der Waals surface area contributed by atoms with Crippen molar-refractivity contribution in [2.24, 2.45) is 5.41 Å². The third-order valence-corrected chi connectivity index (χ3v) is 3.26. The van der Waals surface area contributed by atoms with E-state index < -0.39 is 17.9 Å². The molecule has 0 aliphatic carbocycles. The van der Waals surface area contributed by atoms with Crippen LogP contribution in [-0.2, 0) is 4.74 Å². The molecule has 2 atom stereocenters. The number of ether oxygens (including phenoxy) is 1. The second kappa shape index (κ2) is 3.64. The molecule has 0 aromatic rings. The van der Waals surface area contributed by atoms with E-state index in [1.165, 1.54) is 0 Å². The highest BCUT2D eigenvalue weighted by molar-refractivity contribution is 5.65. The van der Waals surface area contributed by atoms with Gasteiger partial charge in [-0.3, -0.25) is 4.90 Å². The van der Waals surface area contributed by atoms with Crippen molar-refractivity contribution in [3.05, 3.63) is 0 Å². The Labute approximate surface area is 89.6 Å². The average Bonchev–Trinajstić information content (AvgIpc) is 2.07. The zero-order chi connectivity index (χ0) is 11.9. The number of hydrogen-bond donors (Lipinski definition) is 2. The van der Waals surface area contributed by atoms with Crippen molar-refractivity contribution in [3.8, 4) is 0 Å². The summed E-state index contributed by atoms with van der Waals surface area (Å²) in [6.45, 7) is 8.02. The molecule has 1 aliphatic rings. The molecule has 1 saturated heterocycles. The lowest BCUT2D eigenvalue weighted by molar-refractivity contribution is -0.239. The van der Waals surface area contributed by atoms with Gasteiger partial charge in [-0.25, -0.2) is 4.79 Å². The highest BCUT2D eigenvalue weighted by Crippen LogP contribution is 2.39. The second-order valence-electron chi connectivity index (χ2n) is 5.06. The van der Waals surface area contributed by atoms with Crippen molar-refractivity contribution in [2.75, 3.05) is 13.2 Å². The van der Waals surface area contributed by atoms with Gasteiger partial charge in [-0.15, -0.1) is 0 Å². The SMILES string of the molecule is CC(C)(C)C1(C)OCCN(C(=O)O)C1O. The first-order valence-electron chi connectivity index (χ1n) is 5.02. The van der Waals surface area contributed by atoms with Crippen LogP contribution in [0.1, 0.15) is 27.7 Å². The van der Waals surface area contributed by atoms with Crippen LogP contribution in [0.3, 0.4) is 0 Å². The number of aliphatic hydroxyl groups excluding tert-OH is 1. The van der Waals surface area contributed by atoms with Crippen LogP contribution in [0, 0.1) is 5.41 Å². The van der Waals surface area contributed by atoms with Gasteiger partial charge in [0, 0.05) is 0 Å². The monoisotopic (exact) mass is 217 g/mol. The fraction of sp³-hybridized carbons (Fsp3) is 0.900. The maximum atomic E-state index is 10.9. The summed E-state index contributed by atoms with van der Waals surface area (Å²) in [5.74, 6) is 0. The van der Waals surface area contributed by atoms with Crippen molar-refractivity contribution in [2.45, 2.75) is 39.5 Å². The number of hydrogen-bond acceptors (Lipinski definition) is 3. The predicted octanol–water partition coefficient (Wildman–Crippen LogP) is 1.12. The van der Waals surface area contributed by atoms with Gasteiger partial charge in [-0.2, -0.15) is 0 Å². The molecule has 0 bridgehead atoms. The van der Waals surface area contributed by atoms with Crippen LogP contribution in [0.25, 0.3) is 0 Å². The average molecular weight is 217 g/mol. The molecule has 0 saturated carbocycles. The summed E-state index contributed by atoms with van der Waals surface area (Å²) in [6, 6.07) is 0. The van der Waals surface area contributed by atoms with E-state index in [0.717, 1.165) is 4.90 Å². The molecule has 15 heavy (non-hydrogen) atoms. The highest BCUT2D eigenvalue weighted by Gasteiger charge is 2.50. The van der Waals surface area contributed by atoms with Gasteiger partial charge in [0.15, 0.2) is 6.23 Å². The Morgan fingerprint density at radius 3 is 2.47 bits per heavy atom. The standard InChI is InChI=1S/C10H19NO4/c1-9(2,3)10(4)7(12)11(8(13)14)5-6-15-10/h7,12H,5-6H2,1-4H3,(H,13,14). The molecule has 1 aliphatic heterocycles. The van der Waals surface area contributed by atoms with Crippen molar-refractivity contribution < 1.29 is 19.7 Å². The Morgan fingerprint density at radius 2 is 2.07 bits per heavy atom. The molecule has 1 amide bonds. The lowest BCUT2D eigenvalue weighted by atomic mass is 9.75.